The van der Waals surface area contributed by atoms with E-state index in [0.717, 1.165) is 46.0 Å². The number of hydrogen-bond acceptors (Lipinski definition) is 6. The van der Waals surface area contributed by atoms with E-state index in [9.17, 15) is 14.7 Å². The largest absolute Gasteiger partial charge is 0.387 e. The Morgan fingerprint density at radius 1 is 1.10 bits per heavy atom. The van der Waals surface area contributed by atoms with Crippen LogP contribution in [0.5, 0.6) is 0 Å². The smallest absolute Gasteiger partial charge is 0.245 e. The minimum Gasteiger partial charge on any atom is -0.387 e. The Kier molecular flexibility index (Phi) is 7.09. The molecule has 2 amide bonds. The average molecular weight is 567 g/mol. The Hall–Kier alpha value is -4.11. The van der Waals surface area contributed by atoms with Gasteiger partial charge in [-0.3, -0.25) is 14.3 Å². The lowest BCUT2D eigenvalue weighted by atomic mass is 9.66. The summed E-state index contributed by atoms with van der Waals surface area (Å²) >= 11 is 0. The third-order valence-corrected chi connectivity index (χ3v) is 9.16. The second-order valence-electron chi connectivity index (χ2n) is 12.4. The van der Waals surface area contributed by atoms with Crippen LogP contribution in [0.15, 0.2) is 48.8 Å². The first-order chi connectivity index (χ1) is 20.0. The molecule has 0 radical (unpaired) electrons. The van der Waals surface area contributed by atoms with Crippen molar-refractivity contribution in [3.8, 4) is 11.1 Å². The van der Waals surface area contributed by atoms with Crippen LogP contribution in [0.25, 0.3) is 22.0 Å². The number of fused-ring (bicyclic) bond motifs is 2. The summed E-state index contributed by atoms with van der Waals surface area (Å²) in [7, 11) is 0. The maximum atomic E-state index is 14.0. The Morgan fingerprint density at radius 3 is 2.45 bits per heavy atom. The van der Waals surface area contributed by atoms with Gasteiger partial charge < -0.3 is 15.3 Å². The van der Waals surface area contributed by atoms with Crippen LogP contribution in [-0.4, -0.2) is 53.7 Å². The van der Waals surface area contributed by atoms with Gasteiger partial charge in [-0.1, -0.05) is 36.8 Å². The zero-order valence-electron chi connectivity index (χ0n) is 24.9. The highest BCUT2D eigenvalue weighted by Gasteiger charge is 2.58. The van der Waals surface area contributed by atoms with Crippen LogP contribution in [0.2, 0.25) is 0 Å². The van der Waals surface area contributed by atoms with Gasteiger partial charge in [-0.05, 0) is 81.2 Å². The highest BCUT2D eigenvalue weighted by atomic mass is 16.3. The maximum absolute atomic E-state index is 14.0. The summed E-state index contributed by atoms with van der Waals surface area (Å²) in [5, 5.41) is 19.2. The maximum Gasteiger partial charge on any atom is 0.245 e. The fourth-order valence-corrected chi connectivity index (χ4v) is 6.71. The first-order valence-corrected chi connectivity index (χ1v) is 14.7. The Balaban J connectivity index is 1.29. The van der Waals surface area contributed by atoms with E-state index >= 15 is 0 Å². The molecule has 0 spiro atoms. The summed E-state index contributed by atoms with van der Waals surface area (Å²) in [4.78, 5) is 38.0. The zero-order valence-corrected chi connectivity index (χ0v) is 24.9. The fourth-order valence-electron chi connectivity index (χ4n) is 6.71. The Bertz CT molecular complexity index is 1660. The van der Waals surface area contributed by atoms with E-state index in [0.29, 0.717) is 24.5 Å². The molecule has 4 aromatic rings. The van der Waals surface area contributed by atoms with Crippen LogP contribution in [0.3, 0.4) is 0 Å². The van der Waals surface area contributed by atoms with Crippen molar-refractivity contribution in [3.63, 3.8) is 0 Å². The van der Waals surface area contributed by atoms with Crippen molar-refractivity contribution < 1.29 is 14.7 Å². The molecule has 1 aliphatic carbocycles. The van der Waals surface area contributed by atoms with Gasteiger partial charge in [0.2, 0.25) is 11.8 Å². The molecule has 9 heteroatoms. The van der Waals surface area contributed by atoms with Crippen molar-refractivity contribution in [2.75, 3.05) is 0 Å². The predicted molar refractivity (Wildman–Crippen MR) is 160 cm³/mol. The quantitative estimate of drug-likeness (QED) is 0.339. The summed E-state index contributed by atoms with van der Waals surface area (Å²) in [5.41, 5.74) is 6.17. The number of aliphatic hydroxyl groups excluding tert-OH is 1. The number of hydrogen-bond donors (Lipinski definition) is 2. The van der Waals surface area contributed by atoms with Gasteiger partial charge in [0, 0.05) is 35.9 Å². The number of benzene rings is 2. The van der Waals surface area contributed by atoms with Crippen molar-refractivity contribution in [2.45, 2.75) is 85.2 Å². The molecule has 2 N–H and O–H groups in total. The summed E-state index contributed by atoms with van der Waals surface area (Å²) in [5.74, 6) is 0.450. The van der Waals surface area contributed by atoms with Crippen molar-refractivity contribution >= 4 is 22.7 Å². The van der Waals surface area contributed by atoms with Crippen LogP contribution in [-0.2, 0) is 22.7 Å². The lowest BCUT2D eigenvalue weighted by Crippen LogP contribution is -2.53. The normalized spacial score (nSPS) is 22.1. The average Bonchev–Trinajstić information content (AvgIpc) is 3.41. The molecule has 4 atom stereocenters. The molecular weight excluding hydrogens is 528 g/mol. The summed E-state index contributed by atoms with van der Waals surface area (Å²) in [6, 6.07) is 11.6. The van der Waals surface area contributed by atoms with Gasteiger partial charge in [0.15, 0.2) is 0 Å². The number of amides is 2. The van der Waals surface area contributed by atoms with E-state index in [1.807, 2.05) is 62.1 Å². The molecule has 2 aromatic carbocycles. The van der Waals surface area contributed by atoms with Gasteiger partial charge >= 0.3 is 0 Å². The molecular formula is C33H38N6O3. The number of carbonyl (C=O) groups is 2. The third-order valence-electron chi connectivity index (χ3n) is 9.16. The minimum absolute atomic E-state index is 0.00856. The first-order valence-electron chi connectivity index (χ1n) is 14.7. The van der Waals surface area contributed by atoms with E-state index in [1.54, 1.807) is 24.0 Å². The number of aromatic nitrogens is 4. The molecule has 2 fully saturated rings. The number of nitrogens with one attached hydrogen (secondary N) is 1. The predicted octanol–water partition coefficient (Wildman–Crippen LogP) is 4.56. The van der Waals surface area contributed by atoms with E-state index in [1.165, 1.54) is 5.56 Å². The molecule has 1 aliphatic heterocycles. The molecule has 42 heavy (non-hydrogen) atoms. The standard InChI is InChI=1S/C33H38N6O3/c1-19-6-8-23(9-7-19)15-36-32(42)27-14-33(5)11-10-28(33)39(27)29(41)18-38-31-20(2)12-24(25-16-34-22(4)35-17-25)13-26(31)30(37-38)21(3)40/h6-9,12-13,16-17,21,27-28,40H,10-11,14-15,18H2,1-5H3,(H,36,42)/t21?,27-,28+,33+/m0/s1. The first kappa shape index (κ1) is 28.0. The topological polar surface area (TPSA) is 113 Å². The third kappa shape index (κ3) is 4.96. The monoisotopic (exact) mass is 566 g/mol. The molecule has 9 nitrogen and oxygen atoms in total. The van der Waals surface area contributed by atoms with E-state index in [2.05, 4.69) is 22.2 Å². The van der Waals surface area contributed by atoms with Gasteiger partial charge in [0.25, 0.3) is 0 Å². The van der Waals surface area contributed by atoms with Crippen LogP contribution < -0.4 is 5.32 Å². The minimum atomic E-state index is -0.824. The molecule has 218 valence electrons. The molecule has 1 unspecified atom stereocenters. The van der Waals surface area contributed by atoms with Gasteiger partial charge in [-0.2, -0.15) is 5.10 Å². The van der Waals surface area contributed by atoms with Crippen LogP contribution in [0.1, 0.15) is 67.4 Å². The number of likely N-dealkylation sites (tertiary alicyclic amines) is 1. The second-order valence-corrected chi connectivity index (χ2v) is 12.4. The number of nitrogens with zero attached hydrogens (tertiary/aromatic N) is 5. The van der Waals surface area contributed by atoms with Gasteiger partial charge in [-0.25, -0.2) is 9.97 Å². The fraction of sp³-hybridized carbons (Fsp3) is 0.424. The summed E-state index contributed by atoms with van der Waals surface area (Å²) < 4.78 is 1.69. The highest BCUT2D eigenvalue weighted by molar-refractivity contribution is 5.92. The number of aryl methyl sites for hydroxylation is 3. The van der Waals surface area contributed by atoms with Gasteiger partial charge in [-0.15, -0.1) is 0 Å². The van der Waals surface area contributed by atoms with Crippen molar-refractivity contribution in [2.24, 2.45) is 5.41 Å². The summed E-state index contributed by atoms with van der Waals surface area (Å²) in [6.07, 6.45) is 5.30. The van der Waals surface area contributed by atoms with Gasteiger partial charge in [0.1, 0.15) is 18.4 Å². The molecule has 2 aromatic heterocycles. The lowest BCUT2D eigenvalue weighted by Gasteiger charge is -2.44. The van der Waals surface area contributed by atoms with Crippen molar-refractivity contribution in [1.29, 1.82) is 0 Å². The zero-order chi connectivity index (χ0) is 29.8. The number of carbonyl (C=O) groups excluding carboxylic acids is 2. The Labute approximate surface area is 246 Å². The molecule has 2 aliphatic rings. The summed E-state index contributed by atoms with van der Waals surface area (Å²) in [6.45, 7) is 10.1. The molecule has 6 rings (SSSR count). The van der Waals surface area contributed by atoms with Crippen molar-refractivity contribution in [3.05, 3.63) is 77.0 Å². The SMILES string of the molecule is Cc1ccc(CNC(=O)[C@@H]2C[C@@]3(C)CC[C@H]3N2C(=O)Cn2nc(C(C)O)c3cc(-c4cnc(C)nc4)cc(C)c32)cc1. The van der Waals surface area contributed by atoms with Crippen LogP contribution in [0, 0.1) is 26.2 Å². The van der Waals surface area contributed by atoms with E-state index < -0.39 is 12.1 Å². The van der Waals surface area contributed by atoms with Gasteiger partial charge in [0.05, 0.1) is 17.3 Å². The van der Waals surface area contributed by atoms with Crippen LogP contribution >= 0.6 is 0 Å². The number of rotatable bonds is 7. The van der Waals surface area contributed by atoms with E-state index in [4.69, 9.17) is 5.10 Å². The molecule has 0 bridgehead atoms. The number of aliphatic hydroxyl groups is 1. The second kappa shape index (κ2) is 10.6. The molecule has 1 saturated carbocycles. The highest BCUT2D eigenvalue weighted by Crippen LogP contribution is 2.54. The Morgan fingerprint density at radius 2 is 1.81 bits per heavy atom. The van der Waals surface area contributed by atoms with E-state index in [-0.39, 0.29) is 29.8 Å². The molecule has 3 heterocycles. The molecule has 1 saturated heterocycles. The van der Waals surface area contributed by atoms with Crippen LogP contribution in [0.4, 0.5) is 0 Å². The van der Waals surface area contributed by atoms with Crippen molar-refractivity contribution in [1.82, 2.24) is 30.0 Å². The lowest BCUT2D eigenvalue weighted by molar-refractivity contribution is -0.143.